The summed E-state index contributed by atoms with van der Waals surface area (Å²) < 4.78 is 38.5. The Balaban J connectivity index is 1.75. The minimum absolute atomic E-state index is 0.0525. The minimum atomic E-state index is -4.28. The fourth-order valence-corrected chi connectivity index (χ4v) is 2.64. The van der Waals surface area contributed by atoms with E-state index in [1.807, 2.05) is 6.07 Å². The monoisotopic (exact) mass is 324 g/mol. The summed E-state index contributed by atoms with van der Waals surface area (Å²) in [5.41, 5.74) is 0.732. The number of aromatic nitrogens is 3. The van der Waals surface area contributed by atoms with Gasteiger partial charge in [-0.1, -0.05) is 18.2 Å². The molecule has 0 saturated carbocycles. The zero-order valence-corrected chi connectivity index (χ0v) is 12.2. The number of alkyl halides is 3. The molecule has 0 bridgehead atoms. The molecule has 23 heavy (non-hydrogen) atoms. The van der Waals surface area contributed by atoms with Crippen LogP contribution in [0.5, 0.6) is 0 Å². The molecule has 3 rings (SSSR count). The van der Waals surface area contributed by atoms with E-state index in [4.69, 9.17) is 0 Å². The number of carbonyl (C=O) groups excluding carboxylic acids is 1. The van der Waals surface area contributed by atoms with Crippen molar-refractivity contribution < 1.29 is 18.0 Å². The molecule has 0 radical (unpaired) electrons. The average molecular weight is 324 g/mol. The van der Waals surface area contributed by atoms with E-state index < -0.39 is 18.0 Å². The fourth-order valence-electron chi connectivity index (χ4n) is 2.64. The average Bonchev–Trinajstić information content (AvgIpc) is 3.04. The van der Waals surface area contributed by atoms with Gasteiger partial charge in [-0.2, -0.15) is 23.1 Å². The number of rotatable bonds is 2. The highest BCUT2D eigenvalue weighted by Gasteiger charge is 2.43. The molecule has 1 aliphatic heterocycles. The van der Waals surface area contributed by atoms with Crippen molar-refractivity contribution in [2.75, 3.05) is 13.1 Å². The summed E-state index contributed by atoms with van der Waals surface area (Å²) in [6, 6.07) is 8.99. The number of piperidine rings is 1. The van der Waals surface area contributed by atoms with Crippen molar-refractivity contribution in [1.82, 2.24) is 19.9 Å². The molecule has 1 saturated heterocycles. The van der Waals surface area contributed by atoms with E-state index in [0.29, 0.717) is 18.7 Å². The van der Waals surface area contributed by atoms with Gasteiger partial charge in [0.25, 0.3) is 5.91 Å². The number of amides is 1. The molecular formula is C15H15F3N4O. The first kappa shape index (κ1) is 15.5. The van der Waals surface area contributed by atoms with Gasteiger partial charge in [-0.15, -0.1) is 5.10 Å². The van der Waals surface area contributed by atoms with Crippen LogP contribution in [-0.4, -0.2) is 45.1 Å². The lowest BCUT2D eigenvalue weighted by atomic mass is 9.97. The predicted octanol–water partition coefficient (Wildman–Crippen LogP) is 2.68. The lowest BCUT2D eigenvalue weighted by molar-refractivity contribution is -0.184. The Labute approximate surface area is 130 Å². The van der Waals surface area contributed by atoms with Crippen LogP contribution >= 0.6 is 0 Å². The maximum absolute atomic E-state index is 12.8. The molecule has 1 unspecified atom stereocenters. The zero-order valence-electron chi connectivity index (χ0n) is 12.2. The number of hydrogen-bond acceptors (Lipinski definition) is 3. The third kappa shape index (κ3) is 3.35. The van der Waals surface area contributed by atoms with E-state index >= 15 is 0 Å². The first-order chi connectivity index (χ1) is 10.9. The molecule has 1 atom stereocenters. The van der Waals surface area contributed by atoms with Crippen LogP contribution in [0.4, 0.5) is 13.2 Å². The number of hydrogen-bond donors (Lipinski definition) is 0. The maximum atomic E-state index is 12.8. The third-order valence-electron chi connectivity index (χ3n) is 3.87. The molecule has 1 aliphatic rings. The highest BCUT2D eigenvalue weighted by molar-refractivity contribution is 5.92. The van der Waals surface area contributed by atoms with E-state index in [1.54, 1.807) is 24.3 Å². The molecular weight excluding hydrogens is 309 g/mol. The van der Waals surface area contributed by atoms with Gasteiger partial charge in [-0.25, -0.2) is 0 Å². The number of para-hydroxylation sites is 1. The van der Waals surface area contributed by atoms with Crippen LogP contribution < -0.4 is 0 Å². The van der Waals surface area contributed by atoms with Gasteiger partial charge in [0.2, 0.25) is 0 Å². The fraction of sp³-hybridized carbons (Fsp3) is 0.400. The van der Waals surface area contributed by atoms with Gasteiger partial charge in [0.15, 0.2) is 5.69 Å². The third-order valence-corrected chi connectivity index (χ3v) is 3.87. The predicted molar refractivity (Wildman–Crippen MR) is 76.0 cm³/mol. The normalized spacial score (nSPS) is 18.9. The second kappa shape index (κ2) is 6.02. The van der Waals surface area contributed by atoms with E-state index in [0.717, 1.165) is 0 Å². The summed E-state index contributed by atoms with van der Waals surface area (Å²) in [5, 5.41) is 8.08. The van der Waals surface area contributed by atoms with Gasteiger partial charge in [0.1, 0.15) is 0 Å². The summed E-state index contributed by atoms with van der Waals surface area (Å²) in [7, 11) is 0. The first-order valence-corrected chi connectivity index (χ1v) is 7.29. The number of benzene rings is 1. The maximum Gasteiger partial charge on any atom is 0.393 e. The van der Waals surface area contributed by atoms with Crippen LogP contribution in [0.3, 0.4) is 0 Å². The van der Waals surface area contributed by atoms with Crippen LogP contribution in [0.15, 0.2) is 36.5 Å². The van der Waals surface area contributed by atoms with Crippen molar-refractivity contribution >= 4 is 5.91 Å². The van der Waals surface area contributed by atoms with Crippen LogP contribution in [0.1, 0.15) is 23.3 Å². The Kier molecular flexibility index (Phi) is 4.06. The van der Waals surface area contributed by atoms with Gasteiger partial charge in [0.05, 0.1) is 17.8 Å². The Morgan fingerprint density at radius 2 is 1.96 bits per heavy atom. The lowest BCUT2D eigenvalue weighted by Gasteiger charge is -2.33. The molecule has 1 amide bonds. The van der Waals surface area contributed by atoms with Gasteiger partial charge >= 0.3 is 6.18 Å². The quantitative estimate of drug-likeness (QED) is 0.853. The second-order valence-electron chi connectivity index (χ2n) is 5.49. The van der Waals surface area contributed by atoms with Crippen molar-refractivity contribution in [3.8, 4) is 5.69 Å². The summed E-state index contributed by atoms with van der Waals surface area (Å²) in [6.45, 7) is -0.00978. The van der Waals surface area contributed by atoms with Gasteiger partial charge < -0.3 is 4.90 Å². The molecule has 2 aromatic rings. The van der Waals surface area contributed by atoms with Crippen molar-refractivity contribution in [2.24, 2.45) is 5.92 Å². The highest BCUT2D eigenvalue weighted by atomic mass is 19.4. The number of likely N-dealkylation sites (tertiary alicyclic amines) is 1. The smallest absolute Gasteiger partial charge is 0.337 e. The van der Waals surface area contributed by atoms with Crippen LogP contribution in [0.2, 0.25) is 0 Å². The van der Waals surface area contributed by atoms with Crippen molar-refractivity contribution in [2.45, 2.75) is 19.0 Å². The van der Waals surface area contributed by atoms with Crippen molar-refractivity contribution in [3.05, 3.63) is 42.2 Å². The van der Waals surface area contributed by atoms with Crippen LogP contribution in [0.25, 0.3) is 5.69 Å². The van der Waals surface area contributed by atoms with Crippen molar-refractivity contribution in [3.63, 3.8) is 0 Å². The molecule has 1 fully saturated rings. The lowest BCUT2D eigenvalue weighted by Crippen LogP contribution is -2.44. The molecule has 5 nitrogen and oxygen atoms in total. The second-order valence-corrected chi connectivity index (χ2v) is 5.49. The van der Waals surface area contributed by atoms with Crippen molar-refractivity contribution in [1.29, 1.82) is 0 Å². The molecule has 0 N–H and O–H groups in total. The standard InChI is InChI=1S/C15H15F3N4O/c16-15(17,18)11-5-4-8-21(10-11)14(23)13-9-19-22(20-13)12-6-2-1-3-7-12/h1-3,6-7,9,11H,4-5,8,10H2. The van der Waals surface area contributed by atoms with E-state index in [2.05, 4.69) is 10.2 Å². The Bertz CT molecular complexity index is 684. The van der Waals surface area contributed by atoms with Gasteiger partial charge in [-0.05, 0) is 25.0 Å². The summed E-state index contributed by atoms with van der Waals surface area (Å²) in [4.78, 5) is 14.9. The first-order valence-electron chi connectivity index (χ1n) is 7.29. The highest BCUT2D eigenvalue weighted by Crippen LogP contribution is 2.33. The molecule has 0 aliphatic carbocycles. The topological polar surface area (TPSA) is 51.0 Å². The van der Waals surface area contributed by atoms with E-state index in [1.165, 1.54) is 15.9 Å². The molecule has 2 heterocycles. The van der Waals surface area contributed by atoms with E-state index in [9.17, 15) is 18.0 Å². The number of nitrogens with zero attached hydrogens (tertiary/aromatic N) is 4. The van der Waals surface area contributed by atoms with Gasteiger partial charge in [-0.3, -0.25) is 4.79 Å². The van der Waals surface area contributed by atoms with Gasteiger partial charge in [0, 0.05) is 13.1 Å². The number of halogens is 3. The summed E-state index contributed by atoms with van der Waals surface area (Å²) in [5.74, 6) is -1.98. The molecule has 1 aromatic carbocycles. The Hall–Kier alpha value is -2.38. The molecule has 0 spiro atoms. The zero-order chi connectivity index (χ0) is 16.4. The van der Waals surface area contributed by atoms with Crippen LogP contribution in [0, 0.1) is 5.92 Å². The number of carbonyl (C=O) groups is 1. The molecule has 8 heteroatoms. The molecule has 1 aromatic heterocycles. The van der Waals surface area contributed by atoms with E-state index in [-0.39, 0.29) is 18.7 Å². The molecule has 122 valence electrons. The summed E-state index contributed by atoms with van der Waals surface area (Å²) in [6.07, 6.45) is -2.60. The summed E-state index contributed by atoms with van der Waals surface area (Å²) >= 11 is 0. The van der Waals surface area contributed by atoms with Crippen LogP contribution in [-0.2, 0) is 0 Å². The Morgan fingerprint density at radius 3 is 2.65 bits per heavy atom. The largest absolute Gasteiger partial charge is 0.393 e. The SMILES string of the molecule is O=C(c1cnn(-c2ccccc2)n1)N1CCCC(C(F)(F)F)C1. The minimum Gasteiger partial charge on any atom is -0.337 e. The Morgan fingerprint density at radius 1 is 1.22 bits per heavy atom.